The van der Waals surface area contributed by atoms with Gasteiger partial charge in [-0.3, -0.25) is 0 Å². The van der Waals surface area contributed by atoms with Crippen LogP contribution in [0.4, 0.5) is 0 Å². The van der Waals surface area contributed by atoms with Gasteiger partial charge in [-0.2, -0.15) is 0 Å². The summed E-state index contributed by atoms with van der Waals surface area (Å²) in [5.74, 6) is 0. The third-order valence-corrected chi connectivity index (χ3v) is 8.44. The summed E-state index contributed by atoms with van der Waals surface area (Å²) in [6, 6.07) is 0. The van der Waals surface area contributed by atoms with Crippen molar-refractivity contribution in [1.82, 2.24) is 0 Å². The molecule has 2 atom stereocenters. The lowest BCUT2D eigenvalue weighted by molar-refractivity contribution is -0.0676. The van der Waals surface area contributed by atoms with Crippen LogP contribution in [0.2, 0.25) is 18.1 Å². The Labute approximate surface area is 131 Å². The molecule has 0 aromatic carbocycles. The minimum absolute atomic E-state index is 0.0888. The van der Waals surface area contributed by atoms with Gasteiger partial charge in [-0.1, -0.05) is 33.8 Å². The predicted molar refractivity (Wildman–Crippen MR) is 90.1 cm³/mol. The molecule has 0 radical (unpaired) electrons. The monoisotopic (exact) mass is 318 g/mol. The molecule has 0 N–H and O–H groups in total. The van der Waals surface area contributed by atoms with Gasteiger partial charge in [0.2, 0.25) is 0 Å². The van der Waals surface area contributed by atoms with Crippen molar-refractivity contribution in [2.24, 2.45) is 0 Å². The fourth-order valence-electron chi connectivity index (χ4n) is 1.15. The number of hydrogen-bond donors (Lipinski definition) is 0. The van der Waals surface area contributed by atoms with E-state index in [4.69, 9.17) is 18.6 Å². The molecule has 126 valence electrons. The lowest BCUT2D eigenvalue weighted by Gasteiger charge is -2.36. The van der Waals surface area contributed by atoms with Crippen molar-refractivity contribution < 1.29 is 18.6 Å². The molecule has 4 nitrogen and oxygen atoms in total. The van der Waals surface area contributed by atoms with E-state index in [0.717, 1.165) is 6.61 Å². The first-order chi connectivity index (χ1) is 9.67. The largest absolute Gasteiger partial charge is 0.414 e. The Morgan fingerprint density at radius 2 is 1.95 bits per heavy atom. The van der Waals surface area contributed by atoms with Crippen molar-refractivity contribution in [1.29, 1.82) is 0 Å². The van der Waals surface area contributed by atoms with Crippen LogP contribution in [-0.2, 0) is 18.6 Å². The van der Waals surface area contributed by atoms with Crippen LogP contribution in [0.3, 0.4) is 0 Å². The van der Waals surface area contributed by atoms with E-state index in [1.54, 1.807) is 13.2 Å². The number of epoxide rings is 1. The van der Waals surface area contributed by atoms with Crippen molar-refractivity contribution in [2.45, 2.75) is 64.5 Å². The smallest absolute Gasteiger partial charge is 0.192 e. The van der Waals surface area contributed by atoms with Gasteiger partial charge < -0.3 is 18.6 Å². The summed E-state index contributed by atoms with van der Waals surface area (Å²) in [5, 5.41) is 0.222. The second-order valence-corrected chi connectivity index (χ2v) is 11.6. The predicted octanol–water partition coefficient (Wildman–Crippen LogP) is 3.98. The van der Waals surface area contributed by atoms with Crippen LogP contribution in [0, 0.1) is 0 Å². The molecule has 1 aliphatic heterocycles. The fourth-order valence-corrected chi connectivity index (χ4v) is 2.16. The van der Waals surface area contributed by atoms with E-state index in [0.29, 0.717) is 12.7 Å². The third kappa shape index (κ3) is 9.42. The van der Waals surface area contributed by atoms with E-state index < -0.39 is 8.32 Å². The third-order valence-electron chi connectivity index (χ3n) is 3.94. The number of hydrogen-bond acceptors (Lipinski definition) is 4. The van der Waals surface area contributed by atoms with Crippen LogP contribution >= 0.6 is 0 Å². The molecule has 1 saturated heterocycles. The van der Waals surface area contributed by atoms with E-state index in [-0.39, 0.29) is 17.9 Å². The highest BCUT2D eigenvalue weighted by Gasteiger charge is 2.37. The Morgan fingerprint density at radius 3 is 2.24 bits per heavy atom. The summed E-state index contributed by atoms with van der Waals surface area (Å²) in [4.78, 5) is 0. The topological polar surface area (TPSA) is 40.2 Å². The highest BCUT2D eigenvalue weighted by atomic mass is 28.4. The van der Waals surface area contributed by atoms with E-state index in [2.05, 4.69) is 47.4 Å². The lowest BCUT2D eigenvalue weighted by Crippen LogP contribution is -2.42. The van der Waals surface area contributed by atoms with Gasteiger partial charge in [0, 0.05) is 7.11 Å². The molecule has 0 aromatic heterocycles. The molecular weight excluding hydrogens is 284 g/mol. The highest BCUT2D eigenvalue weighted by molar-refractivity contribution is 6.74. The average molecular weight is 319 g/mol. The minimum Gasteiger partial charge on any atom is -0.414 e. The molecule has 0 aromatic rings. The van der Waals surface area contributed by atoms with Gasteiger partial charge >= 0.3 is 0 Å². The molecule has 1 aliphatic rings. The van der Waals surface area contributed by atoms with Crippen molar-refractivity contribution in [3.05, 3.63) is 12.7 Å². The molecule has 0 spiro atoms. The van der Waals surface area contributed by atoms with E-state index in [1.165, 1.54) is 6.42 Å². The van der Waals surface area contributed by atoms with Gasteiger partial charge in [-0.05, 0) is 24.6 Å². The molecule has 1 rings (SSSR count). The van der Waals surface area contributed by atoms with Gasteiger partial charge in [0.25, 0.3) is 0 Å². The van der Waals surface area contributed by atoms with Gasteiger partial charge in [0.1, 0.15) is 12.9 Å². The molecular formula is C16H34O4Si. The SMILES string of the molecule is C=C[C@H](CO[Si](C)(C)C(C)(C)C)OCOC.CC[C@H]1CO1. The molecule has 21 heavy (non-hydrogen) atoms. The zero-order valence-corrected chi connectivity index (χ0v) is 15.9. The second kappa shape index (κ2) is 9.74. The molecule has 1 heterocycles. The lowest BCUT2D eigenvalue weighted by atomic mass is 10.2. The fraction of sp³-hybridized carbons (Fsp3) is 0.875. The first-order valence-corrected chi connectivity index (χ1v) is 10.6. The molecule has 0 amide bonds. The van der Waals surface area contributed by atoms with Gasteiger partial charge in [-0.15, -0.1) is 6.58 Å². The molecule has 1 fully saturated rings. The second-order valence-electron chi connectivity index (χ2n) is 6.78. The Morgan fingerprint density at radius 1 is 1.38 bits per heavy atom. The summed E-state index contributed by atoms with van der Waals surface area (Å²) in [6.45, 7) is 18.8. The summed E-state index contributed by atoms with van der Waals surface area (Å²) < 4.78 is 21.2. The molecule has 5 heteroatoms. The van der Waals surface area contributed by atoms with Crippen LogP contribution in [-0.4, -0.2) is 47.6 Å². The van der Waals surface area contributed by atoms with Gasteiger partial charge in [-0.25, -0.2) is 0 Å². The maximum absolute atomic E-state index is 6.03. The quantitative estimate of drug-likeness (QED) is 0.294. The van der Waals surface area contributed by atoms with Crippen molar-refractivity contribution in [2.75, 3.05) is 27.1 Å². The molecule has 0 unspecified atom stereocenters. The normalized spacial score (nSPS) is 19.5. The highest BCUT2D eigenvalue weighted by Crippen LogP contribution is 2.36. The maximum Gasteiger partial charge on any atom is 0.192 e. The van der Waals surface area contributed by atoms with E-state index >= 15 is 0 Å². The summed E-state index contributed by atoms with van der Waals surface area (Å²) >= 11 is 0. The maximum atomic E-state index is 6.03. The van der Waals surface area contributed by atoms with E-state index in [1.807, 2.05) is 0 Å². The summed E-state index contributed by atoms with van der Waals surface area (Å²) in [7, 11) is -0.0858. The Kier molecular flexibility index (Phi) is 9.65. The molecule has 0 aliphatic carbocycles. The summed E-state index contributed by atoms with van der Waals surface area (Å²) in [6.07, 6.45) is 3.50. The molecule has 0 saturated carbocycles. The number of methoxy groups -OCH3 is 1. The Bertz CT molecular complexity index is 282. The zero-order chi connectivity index (χ0) is 16.5. The Balaban J connectivity index is 0.000000662. The average Bonchev–Trinajstić information content (AvgIpc) is 3.22. The first kappa shape index (κ1) is 20.8. The van der Waals surface area contributed by atoms with Crippen molar-refractivity contribution >= 4 is 8.32 Å². The van der Waals surface area contributed by atoms with Crippen molar-refractivity contribution in [3.63, 3.8) is 0 Å². The van der Waals surface area contributed by atoms with E-state index in [9.17, 15) is 0 Å². The number of ether oxygens (including phenoxy) is 3. The first-order valence-electron chi connectivity index (χ1n) is 7.66. The Hall–Kier alpha value is -0.203. The van der Waals surface area contributed by atoms with Gasteiger partial charge in [0.05, 0.1) is 19.3 Å². The minimum atomic E-state index is -1.69. The molecule has 0 bridgehead atoms. The van der Waals surface area contributed by atoms with Crippen LogP contribution in [0.1, 0.15) is 34.1 Å². The van der Waals surface area contributed by atoms with Gasteiger partial charge in [0.15, 0.2) is 8.32 Å². The number of rotatable bonds is 8. The zero-order valence-electron chi connectivity index (χ0n) is 14.9. The standard InChI is InChI=1S/C12H26O3Si.C4H8O/c1-8-11(14-10-13-5)9-15-16(6,7)12(2,3)4;1-2-4-3-5-4/h8,11H,1,9-10H2,2-7H3;4H,2-3H2,1H3/t11-;4-/m10/s1. The van der Waals surface area contributed by atoms with Crippen LogP contribution < -0.4 is 0 Å². The van der Waals surface area contributed by atoms with Crippen LogP contribution in [0.25, 0.3) is 0 Å². The van der Waals surface area contributed by atoms with Crippen LogP contribution in [0.15, 0.2) is 12.7 Å². The summed E-state index contributed by atoms with van der Waals surface area (Å²) in [5.41, 5.74) is 0. The van der Waals surface area contributed by atoms with Crippen LogP contribution in [0.5, 0.6) is 0 Å². The van der Waals surface area contributed by atoms with Crippen molar-refractivity contribution in [3.8, 4) is 0 Å².